The molecule has 0 atom stereocenters. The SMILES string of the molecule is CCNC(=NCc1csc(CC)n1)NCCCn1ccc2ccccc21.I. The molecule has 0 radical (unpaired) electrons. The van der Waals surface area contributed by atoms with Crippen LogP contribution in [0.2, 0.25) is 0 Å². The van der Waals surface area contributed by atoms with Crippen LogP contribution in [0, 0.1) is 0 Å². The number of hydrogen-bond donors (Lipinski definition) is 2. The minimum absolute atomic E-state index is 0. The maximum Gasteiger partial charge on any atom is 0.191 e. The lowest BCUT2D eigenvalue weighted by Gasteiger charge is -2.11. The average Bonchev–Trinajstić information content (AvgIpc) is 3.30. The topological polar surface area (TPSA) is 54.2 Å². The van der Waals surface area contributed by atoms with Crippen molar-refractivity contribution in [2.24, 2.45) is 4.99 Å². The smallest absolute Gasteiger partial charge is 0.191 e. The summed E-state index contributed by atoms with van der Waals surface area (Å²) in [5.74, 6) is 0.857. The van der Waals surface area contributed by atoms with E-state index in [1.807, 2.05) is 0 Å². The van der Waals surface area contributed by atoms with Gasteiger partial charge in [-0.05, 0) is 37.3 Å². The maximum absolute atomic E-state index is 4.65. The quantitative estimate of drug-likeness (QED) is 0.210. The van der Waals surface area contributed by atoms with E-state index in [4.69, 9.17) is 0 Å². The van der Waals surface area contributed by atoms with Crippen LogP contribution in [0.1, 0.15) is 31.0 Å². The van der Waals surface area contributed by atoms with Gasteiger partial charge in [0.2, 0.25) is 0 Å². The number of para-hydroxylation sites is 1. The van der Waals surface area contributed by atoms with Gasteiger partial charge in [-0.1, -0.05) is 25.1 Å². The molecule has 5 nitrogen and oxygen atoms in total. The summed E-state index contributed by atoms with van der Waals surface area (Å²) < 4.78 is 2.31. The number of fused-ring (bicyclic) bond motifs is 1. The van der Waals surface area contributed by atoms with E-state index < -0.39 is 0 Å². The van der Waals surface area contributed by atoms with E-state index in [0.717, 1.165) is 44.1 Å². The van der Waals surface area contributed by atoms with E-state index in [9.17, 15) is 0 Å². The first kappa shape index (κ1) is 21.7. The Hall–Kier alpha value is -1.61. The number of nitrogens with one attached hydrogen (secondary N) is 2. The fourth-order valence-corrected chi connectivity index (χ4v) is 3.61. The Morgan fingerprint density at radius 1 is 1.19 bits per heavy atom. The molecule has 0 aliphatic heterocycles. The second-order valence-corrected chi connectivity index (χ2v) is 7.07. The lowest BCUT2D eigenvalue weighted by Crippen LogP contribution is -2.38. The normalized spacial score (nSPS) is 11.4. The number of benzene rings is 1. The molecule has 7 heteroatoms. The van der Waals surface area contributed by atoms with Crippen LogP contribution < -0.4 is 10.6 Å². The van der Waals surface area contributed by atoms with Crippen molar-refractivity contribution in [1.29, 1.82) is 0 Å². The molecule has 3 aromatic rings. The largest absolute Gasteiger partial charge is 0.357 e. The van der Waals surface area contributed by atoms with Gasteiger partial charge in [0.25, 0.3) is 0 Å². The molecular weight excluding hydrogens is 469 g/mol. The Balaban J connectivity index is 0.00000261. The highest BCUT2D eigenvalue weighted by Crippen LogP contribution is 2.15. The highest BCUT2D eigenvalue weighted by atomic mass is 127. The van der Waals surface area contributed by atoms with Crippen LogP contribution in [0.4, 0.5) is 0 Å². The van der Waals surface area contributed by atoms with E-state index in [1.165, 1.54) is 15.9 Å². The molecular formula is C20H28IN5S. The van der Waals surface area contributed by atoms with Crippen LogP contribution in [-0.2, 0) is 19.5 Å². The molecule has 0 aliphatic carbocycles. The Bertz CT molecular complexity index is 855. The summed E-state index contributed by atoms with van der Waals surface area (Å²) in [5, 5.41) is 11.3. The van der Waals surface area contributed by atoms with Crippen LogP contribution >= 0.6 is 35.3 Å². The van der Waals surface area contributed by atoms with Crippen molar-refractivity contribution in [2.45, 2.75) is 39.8 Å². The van der Waals surface area contributed by atoms with Gasteiger partial charge < -0.3 is 15.2 Å². The van der Waals surface area contributed by atoms with Gasteiger partial charge in [0.15, 0.2) is 5.96 Å². The van der Waals surface area contributed by atoms with E-state index in [2.05, 4.69) is 80.9 Å². The summed E-state index contributed by atoms with van der Waals surface area (Å²) in [7, 11) is 0. The number of rotatable bonds is 8. The third kappa shape index (κ3) is 6.21. The van der Waals surface area contributed by atoms with Gasteiger partial charge in [0.05, 0.1) is 17.2 Å². The summed E-state index contributed by atoms with van der Waals surface area (Å²) in [5.41, 5.74) is 2.34. The number of guanidine groups is 1. The molecule has 0 saturated heterocycles. The minimum atomic E-state index is 0. The lowest BCUT2D eigenvalue weighted by molar-refractivity contribution is 0.641. The number of halogens is 1. The molecule has 0 bridgehead atoms. The number of aryl methyl sites for hydroxylation is 2. The average molecular weight is 497 g/mol. The predicted octanol–water partition coefficient (Wildman–Crippen LogP) is 4.42. The fraction of sp³-hybridized carbons (Fsp3) is 0.400. The van der Waals surface area contributed by atoms with Crippen molar-refractivity contribution in [3.05, 3.63) is 52.6 Å². The van der Waals surface area contributed by atoms with Crippen LogP contribution in [0.25, 0.3) is 10.9 Å². The zero-order valence-corrected chi connectivity index (χ0v) is 19.1. The third-order valence-electron chi connectivity index (χ3n) is 4.19. The predicted molar refractivity (Wildman–Crippen MR) is 126 cm³/mol. The molecule has 2 aromatic heterocycles. The summed E-state index contributed by atoms with van der Waals surface area (Å²) in [4.78, 5) is 9.22. The Morgan fingerprint density at radius 3 is 2.81 bits per heavy atom. The number of thiazole rings is 1. The summed E-state index contributed by atoms with van der Waals surface area (Å²) in [6, 6.07) is 10.7. The molecule has 146 valence electrons. The Labute approximate surface area is 182 Å². The maximum atomic E-state index is 4.65. The fourth-order valence-electron chi connectivity index (χ4n) is 2.88. The minimum Gasteiger partial charge on any atom is -0.357 e. The van der Waals surface area contributed by atoms with Crippen LogP contribution in [-0.4, -0.2) is 28.6 Å². The summed E-state index contributed by atoms with van der Waals surface area (Å²) >= 11 is 1.71. The molecule has 0 fully saturated rings. The van der Waals surface area contributed by atoms with Gasteiger partial charge in [-0.3, -0.25) is 0 Å². The van der Waals surface area contributed by atoms with E-state index >= 15 is 0 Å². The summed E-state index contributed by atoms with van der Waals surface area (Å²) in [6.45, 7) is 7.56. The molecule has 3 rings (SSSR count). The van der Waals surface area contributed by atoms with E-state index in [-0.39, 0.29) is 24.0 Å². The highest BCUT2D eigenvalue weighted by Gasteiger charge is 2.02. The van der Waals surface area contributed by atoms with Crippen LogP contribution in [0.3, 0.4) is 0 Å². The second-order valence-electron chi connectivity index (χ2n) is 6.13. The second kappa shape index (κ2) is 11.3. The molecule has 0 saturated carbocycles. The number of hydrogen-bond acceptors (Lipinski definition) is 3. The first-order valence-corrected chi connectivity index (χ1v) is 10.2. The van der Waals surface area contributed by atoms with Crippen molar-refractivity contribution < 1.29 is 0 Å². The molecule has 0 unspecified atom stereocenters. The van der Waals surface area contributed by atoms with Crippen molar-refractivity contribution in [1.82, 2.24) is 20.2 Å². The number of aromatic nitrogens is 2. The molecule has 0 aliphatic rings. The zero-order chi connectivity index (χ0) is 18.2. The van der Waals surface area contributed by atoms with Crippen molar-refractivity contribution in [3.63, 3.8) is 0 Å². The van der Waals surface area contributed by atoms with E-state index in [0.29, 0.717) is 6.54 Å². The molecule has 2 heterocycles. The molecule has 0 spiro atoms. The lowest BCUT2D eigenvalue weighted by atomic mass is 10.2. The zero-order valence-electron chi connectivity index (χ0n) is 15.9. The third-order valence-corrected chi connectivity index (χ3v) is 5.24. The molecule has 1 aromatic carbocycles. The number of aliphatic imine (C=N–C) groups is 1. The van der Waals surface area contributed by atoms with Gasteiger partial charge >= 0.3 is 0 Å². The van der Waals surface area contributed by atoms with Gasteiger partial charge in [0, 0.05) is 36.7 Å². The Morgan fingerprint density at radius 2 is 2.04 bits per heavy atom. The number of nitrogens with zero attached hydrogens (tertiary/aromatic N) is 3. The molecule has 2 N–H and O–H groups in total. The van der Waals surface area contributed by atoms with Gasteiger partial charge in [-0.2, -0.15) is 0 Å². The van der Waals surface area contributed by atoms with Gasteiger partial charge in [-0.15, -0.1) is 35.3 Å². The standard InChI is InChI=1S/C20H27N5S.HI/c1-3-19-24-17(15-26-19)14-23-20(21-4-2)22-11-7-12-25-13-10-16-8-5-6-9-18(16)25;/h5-6,8-10,13,15H,3-4,7,11-12,14H2,1-2H3,(H2,21,22,23);1H. The summed E-state index contributed by atoms with van der Waals surface area (Å²) in [6.07, 6.45) is 4.19. The highest BCUT2D eigenvalue weighted by molar-refractivity contribution is 14.0. The first-order chi connectivity index (χ1) is 12.8. The van der Waals surface area contributed by atoms with E-state index in [1.54, 1.807) is 11.3 Å². The van der Waals surface area contributed by atoms with Crippen molar-refractivity contribution in [2.75, 3.05) is 13.1 Å². The van der Waals surface area contributed by atoms with Crippen LogP contribution in [0.5, 0.6) is 0 Å². The van der Waals surface area contributed by atoms with Gasteiger partial charge in [0.1, 0.15) is 0 Å². The Kier molecular flexibility index (Phi) is 9.06. The monoisotopic (exact) mass is 497 g/mol. The van der Waals surface area contributed by atoms with Gasteiger partial charge in [-0.25, -0.2) is 9.98 Å². The van der Waals surface area contributed by atoms with Crippen LogP contribution in [0.15, 0.2) is 46.9 Å². The first-order valence-electron chi connectivity index (χ1n) is 9.29. The van der Waals surface area contributed by atoms with Crippen molar-refractivity contribution in [3.8, 4) is 0 Å². The molecule has 27 heavy (non-hydrogen) atoms. The molecule has 0 amide bonds. The van der Waals surface area contributed by atoms with Crippen molar-refractivity contribution >= 4 is 52.2 Å².